The van der Waals surface area contributed by atoms with Gasteiger partial charge in [-0.25, -0.2) is 4.98 Å². The Morgan fingerprint density at radius 1 is 1.12 bits per heavy atom. The lowest BCUT2D eigenvalue weighted by molar-refractivity contribution is 0.306. The van der Waals surface area contributed by atoms with Gasteiger partial charge in [0.1, 0.15) is 18.2 Å². The molecular formula is C24H18BrCl2N3O2. The van der Waals surface area contributed by atoms with E-state index in [1.165, 1.54) is 4.68 Å². The summed E-state index contributed by atoms with van der Waals surface area (Å²) in [6.45, 7) is 2.21. The average Bonchev–Trinajstić information content (AvgIpc) is 2.78. The molecule has 0 saturated heterocycles. The molecule has 0 aliphatic rings. The van der Waals surface area contributed by atoms with Crippen LogP contribution in [-0.2, 0) is 13.0 Å². The highest BCUT2D eigenvalue weighted by molar-refractivity contribution is 9.10. The smallest absolute Gasteiger partial charge is 0.282 e. The lowest BCUT2D eigenvalue weighted by Gasteiger charge is -2.11. The van der Waals surface area contributed by atoms with Crippen LogP contribution in [0.25, 0.3) is 10.9 Å². The number of para-hydroxylation sites is 1. The number of hydrogen-bond acceptors (Lipinski definition) is 4. The van der Waals surface area contributed by atoms with Crippen molar-refractivity contribution in [1.29, 1.82) is 0 Å². The van der Waals surface area contributed by atoms with E-state index in [1.54, 1.807) is 24.4 Å². The number of benzene rings is 3. The Kier molecular flexibility index (Phi) is 6.94. The third-order valence-electron chi connectivity index (χ3n) is 4.82. The minimum absolute atomic E-state index is 0.226. The Morgan fingerprint density at radius 3 is 2.72 bits per heavy atom. The van der Waals surface area contributed by atoms with Crippen LogP contribution in [0.15, 0.2) is 75.0 Å². The van der Waals surface area contributed by atoms with Crippen LogP contribution in [0.4, 0.5) is 0 Å². The molecule has 0 aliphatic heterocycles. The first-order chi connectivity index (χ1) is 15.5. The zero-order valence-electron chi connectivity index (χ0n) is 17.1. The third-order valence-corrected chi connectivity index (χ3v) is 5.90. The van der Waals surface area contributed by atoms with E-state index in [9.17, 15) is 4.79 Å². The molecule has 1 aromatic heterocycles. The van der Waals surface area contributed by atoms with Gasteiger partial charge in [-0.3, -0.25) is 4.79 Å². The highest BCUT2D eigenvalue weighted by atomic mass is 79.9. The standard InChI is InChI=1S/C24H18BrCl2N3O2/c1-2-23-29-21-10-8-17(25)11-19(21)24(31)30(23)28-13-15-5-3-4-6-22(15)32-14-16-7-9-18(26)12-20(16)27/h3-13H,2,14H2,1H3. The summed E-state index contributed by atoms with van der Waals surface area (Å²) >= 11 is 15.6. The van der Waals surface area contributed by atoms with Crippen LogP contribution in [-0.4, -0.2) is 15.9 Å². The second-order valence-corrected chi connectivity index (χ2v) is 8.73. The van der Waals surface area contributed by atoms with Crippen LogP contribution in [0.3, 0.4) is 0 Å². The van der Waals surface area contributed by atoms with Gasteiger partial charge in [0.05, 0.1) is 17.1 Å². The molecule has 0 spiro atoms. The molecule has 0 N–H and O–H groups in total. The van der Waals surface area contributed by atoms with Gasteiger partial charge in [-0.05, 0) is 42.5 Å². The molecule has 0 bridgehead atoms. The van der Waals surface area contributed by atoms with Gasteiger partial charge in [0.15, 0.2) is 0 Å². The highest BCUT2D eigenvalue weighted by Crippen LogP contribution is 2.24. The van der Waals surface area contributed by atoms with Gasteiger partial charge in [-0.2, -0.15) is 9.78 Å². The molecule has 0 atom stereocenters. The fourth-order valence-corrected chi connectivity index (χ4v) is 4.00. The van der Waals surface area contributed by atoms with Crippen LogP contribution in [0.5, 0.6) is 5.75 Å². The summed E-state index contributed by atoms with van der Waals surface area (Å²) in [6, 6.07) is 18.2. The molecule has 0 aliphatic carbocycles. The van der Waals surface area contributed by atoms with Crippen LogP contribution in [0.1, 0.15) is 23.9 Å². The molecule has 32 heavy (non-hydrogen) atoms. The molecule has 5 nitrogen and oxygen atoms in total. The fourth-order valence-electron chi connectivity index (χ4n) is 3.18. The zero-order chi connectivity index (χ0) is 22.7. The van der Waals surface area contributed by atoms with E-state index in [-0.39, 0.29) is 12.2 Å². The van der Waals surface area contributed by atoms with Gasteiger partial charge in [-0.1, -0.05) is 64.3 Å². The van der Waals surface area contributed by atoms with E-state index in [4.69, 9.17) is 27.9 Å². The van der Waals surface area contributed by atoms with E-state index in [1.807, 2.05) is 49.4 Å². The number of hydrogen-bond donors (Lipinski definition) is 0. The van der Waals surface area contributed by atoms with Gasteiger partial charge in [0.2, 0.25) is 0 Å². The Labute approximate surface area is 203 Å². The van der Waals surface area contributed by atoms with Gasteiger partial charge >= 0.3 is 0 Å². The number of nitrogens with zero attached hydrogens (tertiary/aromatic N) is 3. The molecule has 0 saturated carbocycles. The summed E-state index contributed by atoms with van der Waals surface area (Å²) in [4.78, 5) is 17.7. The van der Waals surface area contributed by atoms with Gasteiger partial charge in [-0.15, -0.1) is 0 Å². The molecule has 162 valence electrons. The summed E-state index contributed by atoms with van der Waals surface area (Å²) in [5, 5.41) is 6.05. The molecule has 3 aromatic carbocycles. The second-order valence-electron chi connectivity index (χ2n) is 6.97. The van der Waals surface area contributed by atoms with Crippen LogP contribution >= 0.6 is 39.1 Å². The van der Waals surface area contributed by atoms with Crippen molar-refractivity contribution in [3.63, 3.8) is 0 Å². The predicted molar refractivity (Wildman–Crippen MR) is 133 cm³/mol. The summed E-state index contributed by atoms with van der Waals surface area (Å²) < 4.78 is 8.12. The lowest BCUT2D eigenvalue weighted by atomic mass is 10.2. The first-order valence-corrected chi connectivity index (χ1v) is 11.4. The van der Waals surface area contributed by atoms with E-state index < -0.39 is 0 Å². The summed E-state index contributed by atoms with van der Waals surface area (Å²) in [7, 11) is 0. The number of aryl methyl sites for hydroxylation is 1. The van der Waals surface area contributed by atoms with E-state index in [0.29, 0.717) is 38.9 Å². The van der Waals surface area contributed by atoms with Crippen molar-refractivity contribution < 1.29 is 4.74 Å². The van der Waals surface area contributed by atoms with Crippen molar-refractivity contribution in [3.8, 4) is 5.75 Å². The minimum atomic E-state index is -0.226. The van der Waals surface area contributed by atoms with Crippen LogP contribution < -0.4 is 10.3 Å². The summed E-state index contributed by atoms with van der Waals surface area (Å²) in [5.41, 5.74) is 1.96. The average molecular weight is 531 g/mol. The Bertz CT molecular complexity index is 1390. The predicted octanol–water partition coefficient (Wildman–Crippen LogP) is 6.49. The quantitative estimate of drug-likeness (QED) is 0.268. The number of aromatic nitrogens is 2. The minimum Gasteiger partial charge on any atom is -0.488 e. The highest BCUT2D eigenvalue weighted by Gasteiger charge is 2.10. The summed E-state index contributed by atoms with van der Waals surface area (Å²) in [5.74, 6) is 1.19. The number of halogens is 3. The van der Waals surface area contributed by atoms with E-state index in [0.717, 1.165) is 15.6 Å². The Morgan fingerprint density at radius 2 is 1.94 bits per heavy atom. The Balaban J connectivity index is 1.66. The molecule has 4 rings (SSSR count). The van der Waals surface area contributed by atoms with Gasteiger partial charge < -0.3 is 4.74 Å². The maximum absolute atomic E-state index is 13.1. The summed E-state index contributed by atoms with van der Waals surface area (Å²) in [6.07, 6.45) is 2.16. The molecule has 0 radical (unpaired) electrons. The molecule has 1 heterocycles. The van der Waals surface area contributed by atoms with E-state index in [2.05, 4.69) is 26.0 Å². The topological polar surface area (TPSA) is 56.5 Å². The number of fused-ring (bicyclic) bond motifs is 1. The molecular weight excluding hydrogens is 513 g/mol. The van der Waals surface area contributed by atoms with Gasteiger partial charge in [0, 0.05) is 32.1 Å². The largest absolute Gasteiger partial charge is 0.488 e. The Hall–Kier alpha value is -2.67. The monoisotopic (exact) mass is 529 g/mol. The van der Waals surface area contributed by atoms with E-state index >= 15 is 0 Å². The molecule has 0 amide bonds. The van der Waals surface area contributed by atoms with Crippen LogP contribution in [0.2, 0.25) is 10.0 Å². The SMILES string of the molecule is CCc1nc2ccc(Br)cc2c(=O)n1N=Cc1ccccc1OCc1ccc(Cl)cc1Cl. The zero-order valence-corrected chi connectivity index (χ0v) is 20.2. The molecule has 0 fully saturated rings. The first kappa shape index (κ1) is 22.5. The van der Waals surface area contributed by atoms with Crippen molar-refractivity contribution >= 4 is 56.2 Å². The number of rotatable bonds is 6. The maximum Gasteiger partial charge on any atom is 0.282 e. The van der Waals surface area contributed by atoms with Crippen molar-refractivity contribution in [1.82, 2.24) is 9.66 Å². The van der Waals surface area contributed by atoms with Crippen molar-refractivity contribution in [2.75, 3.05) is 0 Å². The molecule has 8 heteroatoms. The fraction of sp³-hybridized carbons (Fsp3) is 0.125. The third kappa shape index (κ3) is 4.88. The van der Waals surface area contributed by atoms with Crippen molar-refractivity contribution in [2.45, 2.75) is 20.0 Å². The molecule has 0 unspecified atom stereocenters. The maximum atomic E-state index is 13.1. The van der Waals surface area contributed by atoms with Crippen molar-refractivity contribution in [3.05, 3.63) is 102 Å². The second kappa shape index (κ2) is 9.86. The first-order valence-electron chi connectivity index (χ1n) is 9.87. The lowest BCUT2D eigenvalue weighted by Crippen LogP contribution is -2.22. The molecule has 4 aromatic rings. The number of ether oxygens (including phenoxy) is 1. The van der Waals surface area contributed by atoms with Crippen LogP contribution in [0, 0.1) is 0 Å². The van der Waals surface area contributed by atoms with Gasteiger partial charge in [0.25, 0.3) is 5.56 Å². The van der Waals surface area contributed by atoms with Crippen molar-refractivity contribution in [2.24, 2.45) is 5.10 Å². The normalized spacial score (nSPS) is 11.4.